The predicted octanol–water partition coefficient (Wildman–Crippen LogP) is 4.79. The molecule has 0 aliphatic rings. The minimum absolute atomic E-state index is 0.0661. The van der Waals surface area contributed by atoms with Gasteiger partial charge in [0, 0.05) is 5.92 Å². The van der Waals surface area contributed by atoms with E-state index < -0.39 is 0 Å². The van der Waals surface area contributed by atoms with Crippen LogP contribution in [0.4, 0.5) is 5.69 Å². The molecule has 134 valence electrons. The number of hydrogen-bond donors (Lipinski definition) is 1. The standard InChI is InChI=1S/C20H24ClNO3/c1-12-8-13(2)19(16(21)9-12)22-20(23)14(3)10-15-6-7-17(24-4)18(11-15)25-5/h6-9,11,14H,10H2,1-5H3,(H,22,23). The molecule has 2 aromatic carbocycles. The molecule has 0 bridgehead atoms. The summed E-state index contributed by atoms with van der Waals surface area (Å²) in [4.78, 5) is 12.6. The number of anilines is 1. The van der Waals surface area contributed by atoms with Gasteiger partial charge >= 0.3 is 0 Å². The summed E-state index contributed by atoms with van der Waals surface area (Å²) in [5.41, 5.74) is 3.71. The summed E-state index contributed by atoms with van der Waals surface area (Å²) in [5.74, 6) is 1.05. The summed E-state index contributed by atoms with van der Waals surface area (Å²) in [6.45, 7) is 5.81. The van der Waals surface area contributed by atoms with Crippen molar-refractivity contribution in [3.63, 3.8) is 0 Å². The number of halogens is 1. The summed E-state index contributed by atoms with van der Waals surface area (Å²) in [6, 6.07) is 9.53. The van der Waals surface area contributed by atoms with E-state index in [2.05, 4.69) is 5.32 Å². The van der Waals surface area contributed by atoms with Crippen molar-refractivity contribution >= 4 is 23.2 Å². The first kappa shape index (κ1) is 19.1. The molecule has 0 spiro atoms. The molecule has 0 heterocycles. The predicted molar refractivity (Wildman–Crippen MR) is 102 cm³/mol. The third-order valence-electron chi connectivity index (χ3n) is 4.12. The number of carbonyl (C=O) groups is 1. The van der Waals surface area contributed by atoms with Crippen molar-refractivity contribution in [3.8, 4) is 11.5 Å². The molecule has 1 atom stereocenters. The van der Waals surface area contributed by atoms with Crippen molar-refractivity contribution < 1.29 is 14.3 Å². The van der Waals surface area contributed by atoms with E-state index in [0.29, 0.717) is 28.6 Å². The average molecular weight is 362 g/mol. The summed E-state index contributed by atoms with van der Waals surface area (Å²) in [7, 11) is 3.20. The lowest BCUT2D eigenvalue weighted by Crippen LogP contribution is -2.23. The summed E-state index contributed by atoms with van der Waals surface area (Å²) in [5, 5.41) is 3.51. The highest BCUT2D eigenvalue weighted by molar-refractivity contribution is 6.34. The monoisotopic (exact) mass is 361 g/mol. The van der Waals surface area contributed by atoms with Crippen LogP contribution in [0.5, 0.6) is 11.5 Å². The number of amides is 1. The zero-order chi connectivity index (χ0) is 18.6. The van der Waals surface area contributed by atoms with E-state index in [-0.39, 0.29) is 11.8 Å². The highest BCUT2D eigenvalue weighted by Crippen LogP contribution is 2.30. The van der Waals surface area contributed by atoms with Gasteiger partial charge < -0.3 is 14.8 Å². The van der Waals surface area contributed by atoms with E-state index in [0.717, 1.165) is 16.7 Å². The number of rotatable bonds is 6. The van der Waals surface area contributed by atoms with E-state index in [1.165, 1.54) is 0 Å². The molecule has 25 heavy (non-hydrogen) atoms. The number of aryl methyl sites for hydroxylation is 2. The topological polar surface area (TPSA) is 47.6 Å². The maximum absolute atomic E-state index is 12.6. The molecule has 1 unspecified atom stereocenters. The SMILES string of the molecule is COc1ccc(CC(C)C(=O)Nc2c(C)cc(C)cc2Cl)cc1OC. The van der Waals surface area contributed by atoms with Crippen LogP contribution in [-0.2, 0) is 11.2 Å². The molecule has 2 aromatic rings. The Balaban J connectivity index is 2.11. The average Bonchev–Trinajstić information content (AvgIpc) is 2.57. The van der Waals surface area contributed by atoms with E-state index >= 15 is 0 Å². The van der Waals surface area contributed by atoms with Crippen molar-refractivity contribution in [2.24, 2.45) is 5.92 Å². The van der Waals surface area contributed by atoms with Crippen molar-refractivity contribution in [1.82, 2.24) is 0 Å². The van der Waals surface area contributed by atoms with Crippen molar-refractivity contribution in [3.05, 3.63) is 52.0 Å². The number of methoxy groups -OCH3 is 2. The van der Waals surface area contributed by atoms with Crippen molar-refractivity contribution in [2.75, 3.05) is 19.5 Å². The zero-order valence-corrected chi connectivity index (χ0v) is 16.0. The largest absolute Gasteiger partial charge is 0.493 e. The second-order valence-electron chi connectivity index (χ2n) is 6.22. The molecule has 0 fully saturated rings. The van der Waals surface area contributed by atoms with Crippen molar-refractivity contribution in [2.45, 2.75) is 27.2 Å². The van der Waals surface area contributed by atoms with Crippen LogP contribution in [0.25, 0.3) is 0 Å². The Kier molecular flexibility index (Phi) is 6.32. The van der Waals surface area contributed by atoms with E-state index in [1.54, 1.807) is 14.2 Å². The molecule has 1 N–H and O–H groups in total. The van der Waals surface area contributed by atoms with Gasteiger partial charge in [0.05, 0.1) is 24.9 Å². The molecule has 0 saturated carbocycles. The fraction of sp³-hybridized carbons (Fsp3) is 0.350. The minimum Gasteiger partial charge on any atom is -0.493 e. The van der Waals surface area contributed by atoms with Gasteiger partial charge in [-0.15, -0.1) is 0 Å². The normalized spacial score (nSPS) is 11.8. The summed E-state index contributed by atoms with van der Waals surface area (Å²) >= 11 is 6.27. The molecule has 0 aromatic heterocycles. The third kappa shape index (κ3) is 4.67. The molecular weight excluding hydrogens is 338 g/mol. The van der Waals surface area contributed by atoms with Crippen LogP contribution in [0.15, 0.2) is 30.3 Å². The van der Waals surface area contributed by atoms with Crippen LogP contribution >= 0.6 is 11.6 Å². The third-order valence-corrected chi connectivity index (χ3v) is 4.42. The van der Waals surface area contributed by atoms with E-state index in [1.807, 2.05) is 51.1 Å². The maximum Gasteiger partial charge on any atom is 0.227 e. The number of carbonyl (C=O) groups excluding carboxylic acids is 1. The van der Waals surface area contributed by atoms with Gasteiger partial charge in [-0.1, -0.05) is 30.7 Å². The molecule has 1 amide bonds. The van der Waals surface area contributed by atoms with Gasteiger partial charge in [0.15, 0.2) is 11.5 Å². The Hall–Kier alpha value is -2.20. The smallest absolute Gasteiger partial charge is 0.227 e. The molecule has 4 nitrogen and oxygen atoms in total. The first-order valence-electron chi connectivity index (χ1n) is 8.14. The second-order valence-corrected chi connectivity index (χ2v) is 6.63. The number of nitrogens with one attached hydrogen (secondary N) is 1. The molecule has 0 radical (unpaired) electrons. The fourth-order valence-electron chi connectivity index (χ4n) is 2.77. The Morgan fingerprint density at radius 3 is 2.40 bits per heavy atom. The fourth-order valence-corrected chi connectivity index (χ4v) is 3.14. The first-order chi connectivity index (χ1) is 11.8. The van der Waals surface area contributed by atoms with E-state index in [4.69, 9.17) is 21.1 Å². The highest BCUT2D eigenvalue weighted by Gasteiger charge is 2.17. The van der Waals surface area contributed by atoms with Crippen LogP contribution in [0.1, 0.15) is 23.6 Å². The Bertz CT molecular complexity index is 751. The molecule has 0 saturated heterocycles. The van der Waals surface area contributed by atoms with Crippen LogP contribution < -0.4 is 14.8 Å². The van der Waals surface area contributed by atoms with Crippen LogP contribution in [0.2, 0.25) is 5.02 Å². The molecule has 0 aliphatic carbocycles. The quantitative estimate of drug-likeness (QED) is 0.804. The lowest BCUT2D eigenvalue weighted by atomic mass is 9.99. The van der Waals surface area contributed by atoms with Gasteiger partial charge in [-0.25, -0.2) is 0 Å². The zero-order valence-electron chi connectivity index (χ0n) is 15.3. The van der Waals surface area contributed by atoms with Gasteiger partial charge in [0.1, 0.15) is 0 Å². The molecule has 2 rings (SSSR count). The minimum atomic E-state index is -0.213. The first-order valence-corrected chi connectivity index (χ1v) is 8.52. The van der Waals surface area contributed by atoms with E-state index in [9.17, 15) is 4.79 Å². The lowest BCUT2D eigenvalue weighted by Gasteiger charge is -2.16. The summed E-state index contributed by atoms with van der Waals surface area (Å²) < 4.78 is 10.6. The van der Waals surface area contributed by atoms with Gasteiger partial charge in [-0.3, -0.25) is 4.79 Å². The van der Waals surface area contributed by atoms with Gasteiger partial charge in [-0.2, -0.15) is 0 Å². The van der Waals surface area contributed by atoms with Crippen LogP contribution in [-0.4, -0.2) is 20.1 Å². The second kappa shape index (κ2) is 8.26. The number of ether oxygens (including phenoxy) is 2. The van der Waals surface area contributed by atoms with Gasteiger partial charge in [-0.05, 0) is 55.2 Å². The number of benzene rings is 2. The Labute approximate surface area is 154 Å². The van der Waals surface area contributed by atoms with Crippen LogP contribution in [0, 0.1) is 19.8 Å². The maximum atomic E-state index is 12.6. The van der Waals surface area contributed by atoms with Crippen molar-refractivity contribution in [1.29, 1.82) is 0 Å². The Morgan fingerprint density at radius 2 is 1.80 bits per heavy atom. The summed E-state index contributed by atoms with van der Waals surface area (Å²) in [6.07, 6.45) is 0.592. The number of hydrogen-bond acceptors (Lipinski definition) is 3. The highest BCUT2D eigenvalue weighted by atomic mass is 35.5. The Morgan fingerprint density at radius 1 is 1.12 bits per heavy atom. The molecule has 0 aliphatic heterocycles. The van der Waals surface area contributed by atoms with Crippen LogP contribution in [0.3, 0.4) is 0 Å². The molecular formula is C20H24ClNO3. The van der Waals surface area contributed by atoms with Gasteiger partial charge in [0.2, 0.25) is 5.91 Å². The molecule has 5 heteroatoms. The van der Waals surface area contributed by atoms with Gasteiger partial charge in [0.25, 0.3) is 0 Å². The lowest BCUT2D eigenvalue weighted by molar-refractivity contribution is -0.119.